The van der Waals surface area contributed by atoms with E-state index in [-0.39, 0.29) is 0 Å². The van der Waals surface area contributed by atoms with Crippen molar-refractivity contribution in [3.63, 3.8) is 0 Å². The molecule has 3 heterocycles. The lowest BCUT2D eigenvalue weighted by molar-refractivity contribution is 1.18. The van der Waals surface area contributed by atoms with Crippen LogP contribution in [0.5, 0.6) is 0 Å². The van der Waals surface area contributed by atoms with E-state index in [2.05, 4.69) is 215 Å². The number of thiophene rings is 1. The standard InChI is InChI=1S/C54H34N2S/c1-3-13-35(14-4-1)36-23-25-37(26-24-36)53-51(32-29-44-43-19-9-12-22-52(43)57-54(44)53)56-48-21-11-8-18-42(48)46-34-39(28-31-50(46)56)38-27-30-49-45(33-38)41-17-7-10-20-47(41)55(49)40-15-5-2-6-16-40/h1-34H. The Hall–Kier alpha value is -7.20. The van der Waals surface area contributed by atoms with E-state index >= 15 is 0 Å². The van der Waals surface area contributed by atoms with Crippen LogP contribution in [0.2, 0.25) is 0 Å². The molecule has 0 spiro atoms. The highest BCUT2D eigenvalue weighted by Gasteiger charge is 2.21. The summed E-state index contributed by atoms with van der Waals surface area (Å²) >= 11 is 1.89. The molecule has 0 saturated carbocycles. The normalized spacial score (nSPS) is 11.9. The van der Waals surface area contributed by atoms with E-state index in [1.54, 1.807) is 0 Å². The second kappa shape index (κ2) is 12.7. The summed E-state index contributed by atoms with van der Waals surface area (Å²) in [6, 6.07) is 75.6. The molecule has 0 amide bonds. The topological polar surface area (TPSA) is 9.86 Å². The van der Waals surface area contributed by atoms with Gasteiger partial charge in [-0.05, 0) is 88.5 Å². The lowest BCUT2D eigenvalue weighted by atomic mass is 9.97. The summed E-state index contributed by atoms with van der Waals surface area (Å²) in [4.78, 5) is 0. The molecule has 0 radical (unpaired) electrons. The number of rotatable bonds is 5. The van der Waals surface area contributed by atoms with Gasteiger partial charge in [0.05, 0.1) is 27.8 Å². The molecule has 0 aliphatic rings. The molecule has 0 bridgehead atoms. The molecule has 0 aliphatic heterocycles. The van der Waals surface area contributed by atoms with Gasteiger partial charge in [-0.25, -0.2) is 0 Å². The molecule has 9 aromatic carbocycles. The Labute approximate surface area is 333 Å². The van der Waals surface area contributed by atoms with E-state index < -0.39 is 0 Å². The third-order valence-corrected chi connectivity index (χ3v) is 12.9. The highest BCUT2D eigenvalue weighted by atomic mass is 32.1. The van der Waals surface area contributed by atoms with E-state index in [9.17, 15) is 0 Å². The number of fused-ring (bicyclic) bond motifs is 9. The van der Waals surface area contributed by atoms with Gasteiger partial charge in [0.25, 0.3) is 0 Å². The van der Waals surface area contributed by atoms with Crippen LogP contribution in [-0.2, 0) is 0 Å². The number of aromatic nitrogens is 2. The Morgan fingerprint density at radius 1 is 0.298 bits per heavy atom. The largest absolute Gasteiger partial charge is 0.309 e. The van der Waals surface area contributed by atoms with Crippen molar-refractivity contribution in [1.29, 1.82) is 0 Å². The summed E-state index contributed by atoms with van der Waals surface area (Å²) in [7, 11) is 0. The first-order chi connectivity index (χ1) is 28.3. The summed E-state index contributed by atoms with van der Waals surface area (Å²) in [5.41, 5.74) is 14.5. The maximum absolute atomic E-state index is 2.50. The van der Waals surface area contributed by atoms with E-state index in [1.807, 2.05) is 11.3 Å². The Bertz CT molecular complexity index is 3490. The van der Waals surface area contributed by atoms with Crippen LogP contribution in [-0.4, -0.2) is 9.13 Å². The van der Waals surface area contributed by atoms with Crippen LogP contribution in [0.4, 0.5) is 0 Å². The third kappa shape index (κ3) is 4.96. The Morgan fingerprint density at radius 3 is 1.47 bits per heavy atom. The van der Waals surface area contributed by atoms with Crippen molar-refractivity contribution in [2.45, 2.75) is 0 Å². The van der Waals surface area contributed by atoms with Gasteiger partial charge in [0.15, 0.2) is 0 Å². The van der Waals surface area contributed by atoms with Crippen LogP contribution in [0, 0.1) is 0 Å². The van der Waals surface area contributed by atoms with Gasteiger partial charge in [-0.1, -0.05) is 146 Å². The molecule has 0 fully saturated rings. The Balaban J connectivity index is 1.07. The van der Waals surface area contributed by atoms with Crippen LogP contribution in [0.3, 0.4) is 0 Å². The molecule has 12 aromatic rings. The van der Waals surface area contributed by atoms with Crippen molar-refractivity contribution in [3.8, 4) is 44.8 Å². The van der Waals surface area contributed by atoms with E-state index in [0.29, 0.717) is 0 Å². The van der Waals surface area contributed by atoms with Gasteiger partial charge in [-0.15, -0.1) is 11.3 Å². The van der Waals surface area contributed by atoms with Crippen LogP contribution in [0.25, 0.3) is 109 Å². The predicted octanol–water partition coefficient (Wildman–Crippen LogP) is 15.2. The maximum Gasteiger partial charge on any atom is 0.0555 e. The molecule has 266 valence electrons. The van der Waals surface area contributed by atoms with Crippen molar-refractivity contribution in [3.05, 3.63) is 206 Å². The highest BCUT2D eigenvalue weighted by molar-refractivity contribution is 7.26. The minimum absolute atomic E-state index is 1.17. The van der Waals surface area contributed by atoms with Crippen LogP contribution in [0.1, 0.15) is 0 Å². The predicted molar refractivity (Wildman–Crippen MR) is 244 cm³/mol. The zero-order valence-electron chi connectivity index (χ0n) is 30.9. The summed E-state index contributed by atoms with van der Waals surface area (Å²) in [5.74, 6) is 0. The smallest absolute Gasteiger partial charge is 0.0555 e. The molecule has 0 atom stereocenters. The van der Waals surface area contributed by atoms with Crippen LogP contribution in [0.15, 0.2) is 206 Å². The molecule has 12 rings (SSSR count). The fraction of sp³-hybridized carbons (Fsp3) is 0. The number of benzene rings is 9. The van der Waals surface area contributed by atoms with Crippen molar-refractivity contribution in [2.75, 3.05) is 0 Å². The molecule has 2 nitrogen and oxygen atoms in total. The number of hydrogen-bond acceptors (Lipinski definition) is 1. The fourth-order valence-corrected chi connectivity index (χ4v) is 10.4. The second-order valence-corrected chi connectivity index (χ2v) is 15.9. The SMILES string of the molecule is c1ccc(-c2ccc(-c3c(-n4c5ccccc5c5cc(-c6ccc7c(c6)c6ccccc6n7-c6ccccc6)ccc54)ccc4c3sc3ccccc34)cc2)cc1. The second-order valence-electron chi connectivity index (χ2n) is 14.9. The van der Waals surface area contributed by atoms with Crippen LogP contribution < -0.4 is 0 Å². The summed E-state index contributed by atoms with van der Waals surface area (Å²) < 4.78 is 7.50. The zero-order valence-corrected chi connectivity index (χ0v) is 31.7. The number of para-hydroxylation sites is 3. The molecule has 3 aromatic heterocycles. The first kappa shape index (κ1) is 32.1. The molecule has 0 saturated heterocycles. The molecule has 0 aliphatic carbocycles. The molecule has 57 heavy (non-hydrogen) atoms. The van der Waals surface area contributed by atoms with Gasteiger partial charge in [-0.3, -0.25) is 0 Å². The number of nitrogens with zero attached hydrogens (tertiary/aromatic N) is 2. The zero-order chi connectivity index (χ0) is 37.5. The lowest BCUT2D eigenvalue weighted by Crippen LogP contribution is -1.97. The monoisotopic (exact) mass is 742 g/mol. The third-order valence-electron chi connectivity index (χ3n) is 11.7. The number of hydrogen-bond donors (Lipinski definition) is 0. The molecule has 0 N–H and O–H groups in total. The van der Waals surface area contributed by atoms with Gasteiger partial charge < -0.3 is 9.13 Å². The van der Waals surface area contributed by atoms with Gasteiger partial charge in [-0.2, -0.15) is 0 Å². The average molecular weight is 743 g/mol. The molecular weight excluding hydrogens is 709 g/mol. The van der Waals surface area contributed by atoms with Crippen molar-refractivity contribution in [2.24, 2.45) is 0 Å². The van der Waals surface area contributed by atoms with Gasteiger partial charge >= 0.3 is 0 Å². The van der Waals surface area contributed by atoms with Gasteiger partial charge in [0.2, 0.25) is 0 Å². The lowest BCUT2D eigenvalue weighted by Gasteiger charge is -2.16. The molecule has 3 heteroatoms. The fourth-order valence-electron chi connectivity index (χ4n) is 9.12. The first-order valence-corrected chi connectivity index (χ1v) is 20.3. The first-order valence-electron chi connectivity index (χ1n) is 19.5. The van der Waals surface area contributed by atoms with E-state index in [4.69, 9.17) is 0 Å². The van der Waals surface area contributed by atoms with Crippen molar-refractivity contribution < 1.29 is 0 Å². The summed E-state index contributed by atoms with van der Waals surface area (Å²) in [6.07, 6.45) is 0. The minimum atomic E-state index is 1.17. The van der Waals surface area contributed by atoms with Crippen molar-refractivity contribution in [1.82, 2.24) is 9.13 Å². The van der Waals surface area contributed by atoms with E-state index in [0.717, 1.165) is 0 Å². The van der Waals surface area contributed by atoms with Gasteiger partial charge in [0.1, 0.15) is 0 Å². The summed E-state index contributed by atoms with van der Waals surface area (Å²) in [6.45, 7) is 0. The molecular formula is C54H34N2S. The maximum atomic E-state index is 2.50. The minimum Gasteiger partial charge on any atom is -0.309 e. The Morgan fingerprint density at radius 2 is 0.789 bits per heavy atom. The highest BCUT2D eigenvalue weighted by Crippen LogP contribution is 2.46. The van der Waals surface area contributed by atoms with Gasteiger partial charge in [0, 0.05) is 53.0 Å². The average Bonchev–Trinajstić information content (AvgIpc) is 3.94. The molecule has 0 unspecified atom stereocenters. The van der Waals surface area contributed by atoms with Crippen molar-refractivity contribution >= 4 is 75.1 Å². The Kier molecular flexibility index (Phi) is 7.13. The van der Waals surface area contributed by atoms with E-state index in [1.165, 1.54) is 109 Å². The quantitative estimate of drug-likeness (QED) is 0.166. The summed E-state index contributed by atoms with van der Waals surface area (Å²) in [5, 5.41) is 7.62. The van der Waals surface area contributed by atoms with Crippen LogP contribution >= 0.6 is 11.3 Å².